The fraction of sp³-hybridized carbons (Fsp3) is 0.433. The Labute approximate surface area is 217 Å². The van der Waals surface area contributed by atoms with Gasteiger partial charge in [0, 0.05) is 38.9 Å². The van der Waals surface area contributed by atoms with E-state index in [1.807, 2.05) is 58.9 Å². The molecule has 0 aliphatic carbocycles. The van der Waals surface area contributed by atoms with Gasteiger partial charge in [-0.05, 0) is 42.2 Å². The number of nitrogens with zero attached hydrogens (tertiary/aromatic N) is 1. The maximum absolute atomic E-state index is 13.5. The van der Waals surface area contributed by atoms with Crippen molar-refractivity contribution < 1.29 is 19.7 Å². The van der Waals surface area contributed by atoms with Gasteiger partial charge in [-0.1, -0.05) is 77.9 Å². The number of carbonyl (C=O) groups is 1. The van der Waals surface area contributed by atoms with Gasteiger partial charge >= 0.3 is 0 Å². The van der Waals surface area contributed by atoms with Gasteiger partial charge < -0.3 is 14.6 Å². The zero-order valence-corrected chi connectivity index (χ0v) is 22.7. The van der Waals surface area contributed by atoms with Crippen molar-refractivity contribution in [3.8, 4) is 0 Å². The maximum atomic E-state index is 13.5. The van der Waals surface area contributed by atoms with E-state index in [0.717, 1.165) is 35.5 Å². The van der Waals surface area contributed by atoms with Gasteiger partial charge in [0.15, 0.2) is 11.6 Å². The van der Waals surface area contributed by atoms with E-state index in [-0.39, 0.29) is 13.9 Å². The summed E-state index contributed by atoms with van der Waals surface area (Å²) >= 11 is 0. The van der Waals surface area contributed by atoms with Gasteiger partial charge in [0.05, 0.1) is 12.2 Å². The summed E-state index contributed by atoms with van der Waals surface area (Å²) < 4.78 is 34.5. The summed E-state index contributed by atoms with van der Waals surface area (Å²) in [6.45, 7) is 14.2. The first kappa shape index (κ1) is 31.0. The van der Waals surface area contributed by atoms with E-state index >= 15 is 0 Å². The predicted molar refractivity (Wildman–Crippen MR) is 147 cm³/mol. The molecule has 1 aromatic heterocycles. The second-order valence-corrected chi connectivity index (χ2v) is 7.71. The van der Waals surface area contributed by atoms with Crippen molar-refractivity contribution in [2.45, 2.75) is 73.9 Å². The Morgan fingerprint density at radius 2 is 1.61 bits per heavy atom. The molecule has 1 heterocycles. The second-order valence-electron chi connectivity index (χ2n) is 7.71. The minimum absolute atomic E-state index is 0. The zero-order chi connectivity index (χ0) is 26.9. The lowest BCUT2D eigenvalue weighted by atomic mass is 10.1. The van der Waals surface area contributed by atoms with Crippen molar-refractivity contribution in [1.82, 2.24) is 9.88 Å². The maximum Gasteiger partial charge on any atom is 0.253 e. The summed E-state index contributed by atoms with van der Waals surface area (Å²) in [5.74, 6) is -2.05. The molecule has 3 aromatic rings. The van der Waals surface area contributed by atoms with Crippen LogP contribution < -0.4 is 5.32 Å². The van der Waals surface area contributed by atoms with E-state index in [9.17, 15) is 13.6 Å². The first-order chi connectivity index (χ1) is 17.5. The number of ether oxygens (including phenoxy) is 1. The van der Waals surface area contributed by atoms with Gasteiger partial charge in [-0.25, -0.2) is 8.78 Å². The minimum Gasteiger partial charge on any atom is -0.381 e. The highest BCUT2D eigenvalue weighted by Gasteiger charge is 2.19. The molecule has 200 valence electrons. The monoisotopic (exact) mass is 502 g/mol. The summed E-state index contributed by atoms with van der Waals surface area (Å²) in [7, 11) is 0. The van der Waals surface area contributed by atoms with Gasteiger partial charge in [0.25, 0.3) is 5.91 Å². The lowest BCUT2D eigenvalue weighted by molar-refractivity contribution is 0.0949. The van der Waals surface area contributed by atoms with E-state index in [1.54, 1.807) is 0 Å². The number of carbonyl (C=O) groups excluding carboxylic acids is 1. The average molecular weight is 503 g/mol. The molecule has 36 heavy (non-hydrogen) atoms. The Bertz CT molecular complexity index is 1040. The van der Waals surface area contributed by atoms with E-state index in [4.69, 9.17) is 4.74 Å². The van der Waals surface area contributed by atoms with Crippen LogP contribution in [0.1, 0.15) is 82.3 Å². The highest BCUT2D eigenvalue weighted by atomic mass is 19.2. The molecule has 0 spiro atoms. The number of benzene rings is 2. The number of hydrogen-bond donors (Lipinski definition) is 1. The first-order valence-electron chi connectivity index (χ1n) is 13.1. The van der Waals surface area contributed by atoms with Crippen molar-refractivity contribution in [2.24, 2.45) is 0 Å². The summed E-state index contributed by atoms with van der Waals surface area (Å²) in [6.07, 6.45) is 2.36. The van der Waals surface area contributed by atoms with Crippen LogP contribution in [0.5, 0.6) is 0 Å². The third-order valence-corrected chi connectivity index (χ3v) is 5.35. The summed E-state index contributed by atoms with van der Waals surface area (Å²) in [5.41, 5.74) is 4.26. The largest absolute Gasteiger partial charge is 0.381 e. The van der Waals surface area contributed by atoms with Crippen molar-refractivity contribution in [1.29, 1.82) is 0 Å². The summed E-state index contributed by atoms with van der Waals surface area (Å²) in [4.78, 5) is 13.0. The van der Waals surface area contributed by atoms with Crippen molar-refractivity contribution in [2.75, 3.05) is 13.2 Å². The molecule has 0 saturated carbocycles. The van der Waals surface area contributed by atoms with Crippen molar-refractivity contribution in [3.63, 3.8) is 0 Å². The Hall–Kier alpha value is -2.99. The van der Waals surface area contributed by atoms with Gasteiger partial charge in [0.1, 0.15) is 0 Å². The van der Waals surface area contributed by atoms with E-state index in [1.165, 1.54) is 6.07 Å². The molecule has 0 fully saturated rings. The fourth-order valence-electron chi connectivity index (χ4n) is 3.74. The molecule has 0 aliphatic rings. The predicted octanol–water partition coefficient (Wildman–Crippen LogP) is 7.57. The SMILES string of the molecule is CC.CC.CCCOCCc1cc(C(=O)NCc2ccc(F)c(F)c2)c(CC)n1Cc1ccccc1.[HH]. The number of hydrogen-bond acceptors (Lipinski definition) is 2. The molecule has 0 unspecified atom stereocenters. The number of halogens is 2. The molecular weight excluding hydrogens is 458 g/mol. The van der Waals surface area contributed by atoms with E-state index in [2.05, 4.69) is 28.9 Å². The molecule has 0 atom stereocenters. The van der Waals surface area contributed by atoms with Crippen LogP contribution in [0.25, 0.3) is 0 Å². The number of amides is 1. The summed E-state index contributed by atoms with van der Waals surface area (Å²) in [6, 6.07) is 15.7. The molecule has 0 aliphatic heterocycles. The Morgan fingerprint density at radius 1 is 0.917 bits per heavy atom. The second kappa shape index (κ2) is 17.4. The van der Waals surface area contributed by atoms with Crippen LogP contribution in [0.4, 0.5) is 8.78 Å². The van der Waals surface area contributed by atoms with Crippen LogP contribution in [0.15, 0.2) is 54.6 Å². The molecule has 0 saturated heterocycles. The Kier molecular flexibility index (Phi) is 15.0. The Balaban J connectivity index is 0.00000247. The van der Waals surface area contributed by atoms with Crippen LogP contribution in [0.2, 0.25) is 0 Å². The van der Waals surface area contributed by atoms with Gasteiger partial charge in [-0.15, -0.1) is 0 Å². The normalized spacial score (nSPS) is 10.1. The highest BCUT2D eigenvalue weighted by Crippen LogP contribution is 2.21. The van der Waals surface area contributed by atoms with Crippen molar-refractivity contribution in [3.05, 3.63) is 94.3 Å². The third kappa shape index (κ3) is 9.23. The molecule has 4 nitrogen and oxygen atoms in total. The first-order valence-corrected chi connectivity index (χ1v) is 13.1. The van der Waals surface area contributed by atoms with Crippen molar-refractivity contribution >= 4 is 5.91 Å². The molecule has 3 rings (SSSR count). The molecule has 0 radical (unpaired) electrons. The average Bonchev–Trinajstić information content (AvgIpc) is 3.27. The van der Waals surface area contributed by atoms with Crippen LogP contribution in [-0.4, -0.2) is 23.7 Å². The molecule has 1 N–H and O–H groups in total. The lowest BCUT2D eigenvalue weighted by Crippen LogP contribution is -2.24. The van der Waals surface area contributed by atoms with Crippen LogP contribution >= 0.6 is 0 Å². The molecule has 1 amide bonds. The number of nitrogens with one attached hydrogen (secondary N) is 1. The van der Waals surface area contributed by atoms with Crippen LogP contribution in [0, 0.1) is 11.6 Å². The third-order valence-electron chi connectivity index (χ3n) is 5.35. The molecule has 0 bridgehead atoms. The fourth-order valence-corrected chi connectivity index (χ4v) is 3.74. The number of rotatable bonds is 11. The standard InChI is InChI=1S/C26H30F2N2O2.2C2H6.H2/c1-3-13-32-14-12-21-16-22(25(4-2)30(21)18-19-8-6-5-7-9-19)26(31)29-17-20-10-11-23(27)24(28)15-20;2*1-2;/h5-11,15-16H,3-4,12-14,17-18H2,1-2H3,(H,29,31);2*1-2H3;1H. The van der Waals surface area contributed by atoms with E-state index < -0.39 is 11.6 Å². The molecule has 2 aromatic carbocycles. The smallest absolute Gasteiger partial charge is 0.253 e. The van der Waals surface area contributed by atoms with Gasteiger partial charge in [-0.3, -0.25) is 4.79 Å². The zero-order valence-electron chi connectivity index (χ0n) is 22.7. The lowest BCUT2D eigenvalue weighted by Gasteiger charge is -2.14. The molecule has 6 heteroatoms. The number of aromatic nitrogens is 1. The minimum atomic E-state index is -0.922. The summed E-state index contributed by atoms with van der Waals surface area (Å²) in [5, 5.41) is 2.84. The van der Waals surface area contributed by atoms with E-state index in [0.29, 0.717) is 43.7 Å². The quantitative estimate of drug-likeness (QED) is 0.275. The van der Waals surface area contributed by atoms with Gasteiger partial charge in [-0.2, -0.15) is 0 Å². The highest BCUT2D eigenvalue weighted by molar-refractivity contribution is 5.95. The topological polar surface area (TPSA) is 43.3 Å². The van der Waals surface area contributed by atoms with Gasteiger partial charge in [0.2, 0.25) is 0 Å². The van der Waals surface area contributed by atoms with Crippen LogP contribution in [-0.2, 0) is 30.7 Å². The Morgan fingerprint density at radius 3 is 2.22 bits per heavy atom. The molecular formula is C30H44F2N2O2. The van der Waals surface area contributed by atoms with Crippen LogP contribution in [0.3, 0.4) is 0 Å².